The second kappa shape index (κ2) is 6.42. The van der Waals surface area contributed by atoms with Crippen LogP contribution in [0.3, 0.4) is 0 Å². The first-order chi connectivity index (χ1) is 11.7. The van der Waals surface area contributed by atoms with Gasteiger partial charge < -0.3 is 10.3 Å². The summed E-state index contributed by atoms with van der Waals surface area (Å²) in [6, 6.07) is 5.90. The van der Waals surface area contributed by atoms with Crippen molar-refractivity contribution in [3.05, 3.63) is 39.7 Å². The molecule has 2 aromatic rings. The molecule has 1 amide bonds. The number of aryl methyl sites for hydroxylation is 1. The highest BCUT2D eigenvalue weighted by Crippen LogP contribution is 2.29. The topological polar surface area (TPSA) is 62.0 Å². The summed E-state index contributed by atoms with van der Waals surface area (Å²) in [4.78, 5) is 27.5. The zero-order valence-corrected chi connectivity index (χ0v) is 14.0. The molecule has 2 N–H and O–H groups in total. The lowest BCUT2D eigenvalue weighted by Gasteiger charge is -2.17. The standard InChI is InChI=1S/C20H24N2O2/c23-19(11-13-5-1-2-6-13)21-14-9-10-16-15-7-3-4-8-17(15)20(24)22-18(16)12-14/h9-10,12-13H,1-8,11H2,(H,21,23)(H,22,24). The van der Waals surface area contributed by atoms with Crippen molar-refractivity contribution in [2.45, 2.75) is 57.8 Å². The minimum atomic E-state index is 0.0339. The van der Waals surface area contributed by atoms with Crippen molar-refractivity contribution in [1.82, 2.24) is 4.98 Å². The van der Waals surface area contributed by atoms with Crippen LogP contribution in [0.5, 0.6) is 0 Å². The molecule has 2 aliphatic carbocycles. The van der Waals surface area contributed by atoms with E-state index in [4.69, 9.17) is 0 Å². The van der Waals surface area contributed by atoms with Crippen LogP contribution in [0.1, 0.15) is 56.1 Å². The molecule has 126 valence electrons. The van der Waals surface area contributed by atoms with Crippen molar-refractivity contribution in [2.75, 3.05) is 5.32 Å². The molecule has 4 rings (SSSR count). The summed E-state index contributed by atoms with van der Waals surface area (Å²) in [5.74, 6) is 0.624. The summed E-state index contributed by atoms with van der Waals surface area (Å²) >= 11 is 0. The molecule has 0 spiro atoms. The number of aromatic amines is 1. The Bertz CT molecular complexity index is 831. The van der Waals surface area contributed by atoms with Crippen molar-refractivity contribution in [3.8, 4) is 0 Å². The van der Waals surface area contributed by atoms with E-state index < -0.39 is 0 Å². The number of hydrogen-bond acceptors (Lipinski definition) is 2. The highest BCUT2D eigenvalue weighted by molar-refractivity contribution is 5.94. The lowest BCUT2D eigenvalue weighted by Crippen LogP contribution is -2.19. The Kier molecular flexibility index (Phi) is 4.13. The van der Waals surface area contributed by atoms with E-state index >= 15 is 0 Å². The van der Waals surface area contributed by atoms with Crippen molar-refractivity contribution in [1.29, 1.82) is 0 Å². The van der Waals surface area contributed by atoms with Crippen LogP contribution in [0.4, 0.5) is 5.69 Å². The summed E-state index contributed by atoms with van der Waals surface area (Å²) in [5.41, 5.74) is 3.79. The van der Waals surface area contributed by atoms with Crippen molar-refractivity contribution in [3.63, 3.8) is 0 Å². The van der Waals surface area contributed by atoms with Gasteiger partial charge in [0.15, 0.2) is 0 Å². The van der Waals surface area contributed by atoms with Gasteiger partial charge in [0.05, 0.1) is 5.52 Å². The van der Waals surface area contributed by atoms with Gasteiger partial charge in [-0.1, -0.05) is 18.9 Å². The van der Waals surface area contributed by atoms with Gasteiger partial charge >= 0.3 is 0 Å². The molecule has 24 heavy (non-hydrogen) atoms. The van der Waals surface area contributed by atoms with Crippen molar-refractivity contribution < 1.29 is 4.79 Å². The Morgan fingerprint density at radius 2 is 1.83 bits per heavy atom. The monoisotopic (exact) mass is 324 g/mol. The number of aromatic nitrogens is 1. The molecule has 0 atom stereocenters. The van der Waals surface area contributed by atoms with Crippen LogP contribution in [-0.4, -0.2) is 10.9 Å². The van der Waals surface area contributed by atoms with E-state index in [1.165, 1.54) is 31.2 Å². The smallest absolute Gasteiger partial charge is 0.251 e. The minimum Gasteiger partial charge on any atom is -0.326 e. The number of H-pyrrole nitrogens is 1. The molecule has 1 aromatic heterocycles. The van der Waals surface area contributed by atoms with Crippen LogP contribution in [-0.2, 0) is 17.6 Å². The predicted molar refractivity (Wildman–Crippen MR) is 96.4 cm³/mol. The van der Waals surface area contributed by atoms with Gasteiger partial charge in [-0.05, 0) is 62.1 Å². The van der Waals surface area contributed by atoms with Crippen LogP contribution in [0, 0.1) is 5.92 Å². The summed E-state index contributed by atoms with van der Waals surface area (Å²) in [5, 5.41) is 4.12. The first-order valence-electron chi connectivity index (χ1n) is 9.18. The van der Waals surface area contributed by atoms with Crippen molar-refractivity contribution >= 4 is 22.5 Å². The number of benzene rings is 1. The molecule has 1 fully saturated rings. The first-order valence-corrected chi connectivity index (χ1v) is 9.18. The lowest BCUT2D eigenvalue weighted by atomic mass is 9.90. The number of nitrogens with one attached hydrogen (secondary N) is 2. The number of pyridine rings is 1. The molecule has 0 bridgehead atoms. The van der Waals surface area contributed by atoms with E-state index in [-0.39, 0.29) is 11.5 Å². The maximum Gasteiger partial charge on any atom is 0.251 e. The fourth-order valence-corrected chi connectivity index (χ4v) is 4.33. The van der Waals surface area contributed by atoms with Crippen LogP contribution in [0.2, 0.25) is 0 Å². The maximum absolute atomic E-state index is 12.3. The molecule has 1 heterocycles. The van der Waals surface area contributed by atoms with Crippen LogP contribution >= 0.6 is 0 Å². The third-order valence-electron chi connectivity index (χ3n) is 5.57. The molecule has 1 saturated carbocycles. The zero-order chi connectivity index (χ0) is 16.5. The van der Waals surface area contributed by atoms with Gasteiger partial charge in [0.25, 0.3) is 5.56 Å². The number of anilines is 1. The molecular weight excluding hydrogens is 300 g/mol. The Balaban J connectivity index is 1.59. The summed E-state index contributed by atoms with van der Waals surface area (Å²) in [7, 11) is 0. The van der Waals surface area contributed by atoms with Gasteiger partial charge in [-0.2, -0.15) is 0 Å². The fraction of sp³-hybridized carbons (Fsp3) is 0.500. The first kappa shape index (κ1) is 15.4. The van der Waals surface area contributed by atoms with Crippen LogP contribution in [0.15, 0.2) is 23.0 Å². The van der Waals surface area contributed by atoms with Crippen molar-refractivity contribution in [2.24, 2.45) is 5.92 Å². The number of rotatable bonds is 3. The Labute approximate surface area is 141 Å². The Morgan fingerprint density at radius 1 is 1.08 bits per heavy atom. The number of hydrogen-bond donors (Lipinski definition) is 2. The van der Waals surface area contributed by atoms with E-state index in [9.17, 15) is 9.59 Å². The lowest BCUT2D eigenvalue weighted by molar-refractivity contribution is -0.117. The number of amides is 1. The molecule has 0 unspecified atom stereocenters. The number of carbonyl (C=O) groups excluding carboxylic acids is 1. The number of carbonyl (C=O) groups is 1. The SMILES string of the molecule is O=C(CC1CCCC1)Nc1ccc2c3c(c(=O)[nH]c2c1)CCCC3. The highest BCUT2D eigenvalue weighted by Gasteiger charge is 2.19. The highest BCUT2D eigenvalue weighted by atomic mass is 16.1. The van der Waals surface area contributed by atoms with Crippen LogP contribution in [0.25, 0.3) is 10.9 Å². The molecular formula is C20H24N2O2. The maximum atomic E-state index is 12.3. The summed E-state index contributed by atoms with van der Waals surface area (Å²) in [6.45, 7) is 0. The molecule has 2 aliphatic rings. The van der Waals surface area contributed by atoms with Gasteiger partial charge in [-0.25, -0.2) is 0 Å². The number of fused-ring (bicyclic) bond motifs is 3. The average Bonchev–Trinajstić information content (AvgIpc) is 3.08. The molecule has 0 radical (unpaired) electrons. The molecule has 1 aromatic carbocycles. The van der Waals surface area contributed by atoms with Gasteiger partial charge in [-0.3, -0.25) is 9.59 Å². The normalized spacial score (nSPS) is 17.8. The Morgan fingerprint density at radius 3 is 2.62 bits per heavy atom. The third kappa shape index (κ3) is 2.97. The molecule has 0 saturated heterocycles. The van der Waals surface area contributed by atoms with E-state index in [2.05, 4.69) is 10.3 Å². The summed E-state index contributed by atoms with van der Waals surface area (Å²) < 4.78 is 0. The summed E-state index contributed by atoms with van der Waals surface area (Å²) in [6.07, 6.45) is 9.54. The van der Waals surface area contributed by atoms with E-state index in [1.54, 1.807) is 0 Å². The average molecular weight is 324 g/mol. The van der Waals surface area contributed by atoms with Gasteiger partial charge in [0, 0.05) is 23.1 Å². The molecule has 4 nitrogen and oxygen atoms in total. The second-order valence-electron chi connectivity index (χ2n) is 7.28. The van der Waals surface area contributed by atoms with Crippen LogP contribution < -0.4 is 10.9 Å². The fourth-order valence-electron chi connectivity index (χ4n) is 4.33. The van der Waals surface area contributed by atoms with E-state index in [0.717, 1.165) is 47.8 Å². The van der Waals surface area contributed by atoms with E-state index in [1.807, 2.05) is 18.2 Å². The largest absolute Gasteiger partial charge is 0.326 e. The van der Waals surface area contributed by atoms with Gasteiger partial charge in [0.2, 0.25) is 5.91 Å². The van der Waals surface area contributed by atoms with Gasteiger partial charge in [0.1, 0.15) is 0 Å². The molecule has 0 aliphatic heterocycles. The van der Waals surface area contributed by atoms with Gasteiger partial charge in [-0.15, -0.1) is 0 Å². The zero-order valence-electron chi connectivity index (χ0n) is 14.0. The second-order valence-corrected chi connectivity index (χ2v) is 7.28. The third-order valence-corrected chi connectivity index (χ3v) is 5.57. The van der Waals surface area contributed by atoms with E-state index in [0.29, 0.717) is 12.3 Å². The predicted octanol–water partition coefficient (Wildman–Crippen LogP) is 3.93. The quantitative estimate of drug-likeness (QED) is 0.898. The minimum absolute atomic E-state index is 0.0339. The molecule has 4 heteroatoms. The Hall–Kier alpha value is -2.10.